The number of hydrogen-bond acceptors (Lipinski definition) is 3. The Morgan fingerprint density at radius 2 is 2.04 bits per heavy atom. The van der Waals surface area contributed by atoms with E-state index in [4.69, 9.17) is 4.74 Å². The molecule has 1 aromatic heterocycles. The fourth-order valence-electron chi connectivity index (χ4n) is 2.82. The molecule has 1 aromatic carbocycles. The first kappa shape index (κ1) is 18.0. The number of aromatic nitrogens is 2. The van der Waals surface area contributed by atoms with Gasteiger partial charge in [0.2, 0.25) is 0 Å². The van der Waals surface area contributed by atoms with E-state index in [-0.39, 0.29) is 5.91 Å². The monoisotopic (exact) mass is 326 g/mol. The van der Waals surface area contributed by atoms with E-state index >= 15 is 0 Å². The molecular formula is C20H26N2O2. The number of unbranched alkanes of at least 4 members (excludes halogenated alkanes) is 2. The van der Waals surface area contributed by atoms with Gasteiger partial charge >= 0.3 is 0 Å². The van der Waals surface area contributed by atoms with Gasteiger partial charge in [-0.15, -0.1) is 0 Å². The Labute approximate surface area is 144 Å². The van der Waals surface area contributed by atoms with Gasteiger partial charge in [0.25, 0.3) is 5.91 Å². The van der Waals surface area contributed by atoms with Crippen LogP contribution in [0.4, 0.5) is 0 Å². The number of ether oxygens (including phenoxy) is 1. The minimum atomic E-state index is -0.156. The van der Waals surface area contributed by atoms with Crippen molar-refractivity contribution >= 4 is 5.91 Å². The van der Waals surface area contributed by atoms with Crippen molar-refractivity contribution in [2.75, 3.05) is 6.61 Å². The van der Waals surface area contributed by atoms with Crippen molar-refractivity contribution in [2.24, 2.45) is 0 Å². The normalized spacial score (nSPS) is 10.6. The van der Waals surface area contributed by atoms with Crippen molar-refractivity contribution in [2.45, 2.75) is 46.5 Å². The molecule has 0 saturated heterocycles. The van der Waals surface area contributed by atoms with Crippen molar-refractivity contribution in [3.8, 4) is 5.75 Å². The predicted molar refractivity (Wildman–Crippen MR) is 96.8 cm³/mol. The summed E-state index contributed by atoms with van der Waals surface area (Å²) in [6, 6.07) is 7.26. The lowest BCUT2D eigenvalue weighted by atomic mass is 10.1. The first-order valence-corrected chi connectivity index (χ1v) is 8.52. The van der Waals surface area contributed by atoms with Gasteiger partial charge in [-0.1, -0.05) is 44.6 Å². The van der Waals surface area contributed by atoms with E-state index in [2.05, 4.69) is 18.6 Å². The number of benzene rings is 1. The van der Waals surface area contributed by atoms with Gasteiger partial charge in [0, 0.05) is 5.69 Å². The Balaban J connectivity index is 2.30. The minimum Gasteiger partial charge on any atom is -0.489 e. The molecule has 0 saturated carbocycles. The van der Waals surface area contributed by atoms with Crippen LogP contribution < -0.4 is 4.74 Å². The Morgan fingerprint density at radius 1 is 1.29 bits per heavy atom. The number of carbonyl (C=O) groups is 1. The Hall–Kier alpha value is -2.36. The molecule has 2 aromatic rings. The summed E-state index contributed by atoms with van der Waals surface area (Å²) in [5.41, 5.74) is 3.56. The molecule has 0 radical (unpaired) electrons. The molecule has 2 rings (SSSR count). The summed E-state index contributed by atoms with van der Waals surface area (Å²) in [5.74, 6) is 0.402. The van der Waals surface area contributed by atoms with Crippen LogP contribution in [0.5, 0.6) is 5.75 Å². The molecule has 24 heavy (non-hydrogen) atoms. The van der Waals surface area contributed by atoms with E-state index in [0.29, 0.717) is 17.9 Å². The standard InChI is InChI=1S/C20H26N2O2/c1-5-7-8-11-17-15(3)21-22(16(17)4)20(23)18-12-9-10-13-19(18)24-14-6-2/h6,9-10,12-13H,2,5,7-8,11,14H2,1,3-4H3. The summed E-state index contributed by atoms with van der Waals surface area (Å²) in [4.78, 5) is 12.9. The van der Waals surface area contributed by atoms with Crippen molar-refractivity contribution in [1.29, 1.82) is 0 Å². The zero-order valence-corrected chi connectivity index (χ0v) is 14.8. The molecule has 0 unspecified atom stereocenters. The van der Waals surface area contributed by atoms with E-state index in [1.807, 2.05) is 26.0 Å². The van der Waals surface area contributed by atoms with Crippen LogP contribution in [0.2, 0.25) is 0 Å². The van der Waals surface area contributed by atoms with Crippen LogP contribution in [0.15, 0.2) is 36.9 Å². The smallest absolute Gasteiger partial charge is 0.282 e. The molecule has 0 amide bonds. The summed E-state index contributed by atoms with van der Waals surface area (Å²) in [5, 5.41) is 4.48. The van der Waals surface area contributed by atoms with Gasteiger partial charge in [0.1, 0.15) is 12.4 Å². The second kappa shape index (κ2) is 8.48. The number of hydrogen-bond donors (Lipinski definition) is 0. The Bertz CT molecular complexity index is 716. The molecule has 0 spiro atoms. The van der Waals surface area contributed by atoms with Crippen LogP contribution in [-0.4, -0.2) is 22.3 Å². The molecular weight excluding hydrogens is 300 g/mol. The summed E-state index contributed by atoms with van der Waals surface area (Å²) in [6.45, 7) is 10.1. The van der Waals surface area contributed by atoms with E-state index in [9.17, 15) is 4.79 Å². The molecule has 1 heterocycles. The van der Waals surface area contributed by atoms with Crippen molar-refractivity contribution in [1.82, 2.24) is 9.78 Å². The first-order valence-electron chi connectivity index (χ1n) is 8.52. The van der Waals surface area contributed by atoms with Crippen LogP contribution in [0, 0.1) is 13.8 Å². The maximum atomic E-state index is 12.9. The lowest BCUT2D eigenvalue weighted by Gasteiger charge is -2.10. The summed E-state index contributed by atoms with van der Waals surface area (Å²) >= 11 is 0. The number of para-hydroxylation sites is 1. The van der Waals surface area contributed by atoms with Crippen molar-refractivity contribution in [3.05, 3.63) is 59.4 Å². The fraction of sp³-hybridized carbons (Fsp3) is 0.400. The molecule has 0 aliphatic rings. The van der Waals surface area contributed by atoms with Gasteiger partial charge in [-0.05, 0) is 44.4 Å². The van der Waals surface area contributed by atoms with Crippen LogP contribution >= 0.6 is 0 Å². The minimum absolute atomic E-state index is 0.156. The summed E-state index contributed by atoms with van der Waals surface area (Å²) in [6.07, 6.45) is 6.12. The number of rotatable bonds is 8. The maximum absolute atomic E-state index is 12.9. The van der Waals surface area contributed by atoms with Gasteiger partial charge in [-0.2, -0.15) is 5.10 Å². The summed E-state index contributed by atoms with van der Waals surface area (Å²) in [7, 11) is 0. The topological polar surface area (TPSA) is 44.1 Å². The lowest BCUT2D eigenvalue weighted by molar-refractivity contribution is 0.0938. The highest BCUT2D eigenvalue weighted by atomic mass is 16.5. The first-order chi connectivity index (χ1) is 11.6. The average Bonchev–Trinajstić information content (AvgIpc) is 2.88. The molecule has 0 aliphatic heterocycles. The Kier molecular flexibility index (Phi) is 6.36. The van der Waals surface area contributed by atoms with E-state index in [1.165, 1.54) is 23.1 Å². The zero-order chi connectivity index (χ0) is 17.5. The average molecular weight is 326 g/mol. The fourth-order valence-corrected chi connectivity index (χ4v) is 2.82. The lowest BCUT2D eigenvalue weighted by Crippen LogP contribution is -2.17. The molecule has 4 nitrogen and oxygen atoms in total. The van der Waals surface area contributed by atoms with Crippen LogP contribution in [0.3, 0.4) is 0 Å². The van der Waals surface area contributed by atoms with Crippen molar-refractivity contribution < 1.29 is 9.53 Å². The number of aryl methyl sites for hydroxylation is 1. The van der Waals surface area contributed by atoms with Crippen molar-refractivity contribution in [3.63, 3.8) is 0 Å². The van der Waals surface area contributed by atoms with Gasteiger partial charge in [0.15, 0.2) is 0 Å². The van der Waals surface area contributed by atoms with Gasteiger partial charge in [-0.3, -0.25) is 4.79 Å². The molecule has 0 fully saturated rings. The molecule has 0 N–H and O–H groups in total. The van der Waals surface area contributed by atoms with Crippen LogP contribution in [0.1, 0.15) is 53.5 Å². The third-order valence-electron chi connectivity index (χ3n) is 4.14. The van der Waals surface area contributed by atoms with E-state index in [0.717, 1.165) is 24.2 Å². The van der Waals surface area contributed by atoms with Gasteiger partial charge < -0.3 is 4.74 Å². The highest BCUT2D eigenvalue weighted by Crippen LogP contribution is 2.22. The SMILES string of the molecule is C=CCOc1ccccc1C(=O)n1nc(C)c(CCCCC)c1C. The molecule has 0 bridgehead atoms. The third-order valence-corrected chi connectivity index (χ3v) is 4.14. The summed E-state index contributed by atoms with van der Waals surface area (Å²) < 4.78 is 7.11. The van der Waals surface area contributed by atoms with E-state index in [1.54, 1.807) is 18.2 Å². The molecule has 4 heteroatoms. The molecule has 0 aliphatic carbocycles. The van der Waals surface area contributed by atoms with Gasteiger partial charge in [-0.25, -0.2) is 4.68 Å². The number of carbonyl (C=O) groups excluding carboxylic acids is 1. The number of nitrogens with zero attached hydrogens (tertiary/aromatic N) is 2. The highest BCUT2D eigenvalue weighted by Gasteiger charge is 2.20. The van der Waals surface area contributed by atoms with Crippen LogP contribution in [0.25, 0.3) is 0 Å². The third kappa shape index (κ3) is 3.94. The zero-order valence-electron chi connectivity index (χ0n) is 14.8. The van der Waals surface area contributed by atoms with Crippen LogP contribution in [-0.2, 0) is 6.42 Å². The largest absolute Gasteiger partial charge is 0.489 e. The van der Waals surface area contributed by atoms with Gasteiger partial charge in [0.05, 0.1) is 11.3 Å². The highest BCUT2D eigenvalue weighted by molar-refractivity contribution is 5.98. The second-order valence-corrected chi connectivity index (χ2v) is 5.92. The Morgan fingerprint density at radius 3 is 2.75 bits per heavy atom. The molecule has 128 valence electrons. The van der Waals surface area contributed by atoms with E-state index < -0.39 is 0 Å². The second-order valence-electron chi connectivity index (χ2n) is 5.92. The predicted octanol–water partition coefficient (Wildman–Crippen LogP) is 4.49. The quantitative estimate of drug-likeness (QED) is 0.530. The maximum Gasteiger partial charge on any atom is 0.282 e. The molecule has 0 atom stereocenters.